The third-order valence-electron chi connectivity index (χ3n) is 3.92. The molecule has 0 amide bonds. The van der Waals surface area contributed by atoms with Crippen LogP contribution in [0.15, 0.2) is 53.2 Å². The summed E-state index contributed by atoms with van der Waals surface area (Å²) in [7, 11) is 1.30. The molecule has 2 aromatic carbocycles. The number of halogens is 3. The van der Waals surface area contributed by atoms with Gasteiger partial charge in [0.25, 0.3) is 0 Å². The lowest BCUT2D eigenvalue weighted by Crippen LogP contribution is -2.05. The monoisotopic (exact) mass is 386 g/mol. The summed E-state index contributed by atoms with van der Waals surface area (Å²) in [6.45, 7) is 0. The number of fused-ring (bicyclic) bond motifs is 1. The number of hydrogen-bond donors (Lipinski definition) is 0. The van der Waals surface area contributed by atoms with Crippen LogP contribution < -0.4 is 4.74 Å². The van der Waals surface area contributed by atoms with E-state index in [0.717, 1.165) is 17.6 Å². The van der Waals surface area contributed by atoms with Gasteiger partial charge in [-0.15, -0.1) is 5.10 Å². The van der Waals surface area contributed by atoms with E-state index in [2.05, 4.69) is 15.1 Å². The second kappa shape index (κ2) is 6.84. The standard InChI is InChI=1S/C19H13F3N4O2/c1-27-14-9-12(8-13(10-14)19(20,21)22)18-23-11-26(25-18)7-6-17-24-15-4-2-3-5-16(15)28-17/h2-11H,1H3/b7-6-. The number of nitrogens with zero attached hydrogens (tertiary/aromatic N) is 4. The highest BCUT2D eigenvalue weighted by molar-refractivity contribution is 5.74. The van der Waals surface area contributed by atoms with Gasteiger partial charge in [0.1, 0.15) is 17.6 Å². The quantitative estimate of drug-likeness (QED) is 0.507. The van der Waals surface area contributed by atoms with Gasteiger partial charge >= 0.3 is 6.18 Å². The fourth-order valence-electron chi connectivity index (χ4n) is 2.59. The first-order chi connectivity index (χ1) is 13.4. The van der Waals surface area contributed by atoms with E-state index in [1.54, 1.807) is 18.3 Å². The summed E-state index contributed by atoms with van der Waals surface area (Å²) in [6.07, 6.45) is 0.0111. The number of benzene rings is 2. The summed E-state index contributed by atoms with van der Waals surface area (Å²) < 4.78 is 51.1. The minimum Gasteiger partial charge on any atom is -0.497 e. The molecule has 2 heterocycles. The third-order valence-corrected chi connectivity index (χ3v) is 3.92. The van der Waals surface area contributed by atoms with Crippen LogP contribution in [0.5, 0.6) is 5.75 Å². The molecule has 0 aliphatic rings. The van der Waals surface area contributed by atoms with Crippen LogP contribution in [-0.4, -0.2) is 26.9 Å². The molecule has 0 aliphatic carbocycles. The van der Waals surface area contributed by atoms with E-state index in [1.807, 2.05) is 18.2 Å². The largest absolute Gasteiger partial charge is 0.497 e. The fourth-order valence-corrected chi connectivity index (χ4v) is 2.59. The highest BCUT2D eigenvalue weighted by Gasteiger charge is 2.31. The molecule has 142 valence electrons. The maximum absolute atomic E-state index is 13.1. The summed E-state index contributed by atoms with van der Waals surface area (Å²) >= 11 is 0. The zero-order valence-electron chi connectivity index (χ0n) is 14.5. The SMILES string of the molecule is COc1cc(-c2ncn(/C=C\c3nc4ccccc4o3)n2)cc(C(F)(F)F)c1. The van der Waals surface area contributed by atoms with Crippen LogP contribution in [0.4, 0.5) is 13.2 Å². The molecule has 28 heavy (non-hydrogen) atoms. The number of methoxy groups -OCH3 is 1. The zero-order valence-corrected chi connectivity index (χ0v) is 14.5. The van der Waals surface area contributed by atoms with Crippen LogP contribution in [0, 0.1) is 0 Å². The Morgan fingerprint density at radius 1 is 1.14 bits per heavy atom. The highest BCUT2D eigenvalue weighted by Crippen LogP contribution is 2.34. The van der Waals surface area contributed by atoms with Gasteiger partial charge in [-0.05, 0) is 30.3 Å². The normalized spacial score (nSPS) is 12.1. The van der Waals surface area contributed by atoms with Gasteiger partial charge in [0.05, 0.1) is 12.7 Å². The molecular weight excluding hydrogens is 373 g/mol. The lowest BCUT2D eigenvalue weighted by Gasteiger charge is -2.10. The van der Waals surface area contributed by atoms with Gasteiger partial charge in [-0.1, -0.05) is 12.1 Å². The first-order valence-electron chi connectivity index (χ1n) is 8.14. The molecule has 0 saturated heterocycles. The molecule has 0 aliphatic heterocycles. The molecule has 0 saturated carbocycles. The fraction of sp³-hybridized carbons (Fsp3) is 0.105. The van der Waals surface area contributed by atoms with Crippen LogP contribution in [0.1, 0.15) is 11.5 Å². The van der Waals surface area contributed by atoms with Crippen molar-refractivity contribution in [2.24, 2.45) is 0 Å². The van der Waals surface area contributed by atoms with E-state index in [9.17, 15) is 13.2 Å². The van der Waals surface area contributed by atoms with Gasteiger partial charge in [0.2, 0.25) is 5.89 Å². The third kappa shape index (κ3) is 3.59. The van der Waals surface area contributed by atoms with Crippen molar-refractivity contribution < 1.29 is 22.3 Å². The molecule has 9 heteroatoms. The molecule has 0 bridgehead atoms. The average molecular weight is 386 g/mol. The van der Waals surface area contributed by atoms with Crippen LogP contribution in [-0.2, 0) is 6.18 Å². The molecule has 0 fully saturated rings. The second-order valence-electron chi connectivity index (χ2n) is 5.83. The zero-order chi connectivity index (χ0) is 19.7. The molecule has 0 radical (unpaired) electrons. The molecular formula is C19H13F3N4O2. The van der Waals surface area contributed by atoms with Crippen LogP contribution >= 0.6 is 0 Å². The number of ether oxygens (including phenoxy) is 1. The molecule has 2 aromatic heterocycles. The van der Waals surface area contributed by atoms with E-state index in [4.69, 9.17) is 9.15 Å². The number of para-hydroxylation sites is 2. The van der Waals surface area contributed by atoms with E-state index in [-0.39, 0.29) is 17.1 Å². The van der Waals surface area contributed by atoms with E-state index in [0.29, 0.717) is 11.5 Å². The molecule has 4 rings (SSSR count). The van der Waals surface area contributed by atoms with Crippen molar-refractivity contribution >= 4 is 23.4 Å². The molecule has 6 nitrogen and oxygen atoms in total. The van der Waals surface area contributed by atoms with E-state index in [1.165, 1.54) is 24.2 Å². The second-order valence-corrected chi connectivity index (χ2v) is 5.83. The van der Waals surface area contributed by atoms with E-state index >= 15 is 0 Å². The topological polar surface area (TPSA) is 66.0 Å². The summed E-state index contributed by atoms with van der Waals surface area (Å²) in [4.78, 5) is 8.36. The smallest absolute Gasteiger partial charge is 0.416 e. The highest BCUT2D eigenvalue weighted by atomic mass is 19.4. The van der Waals surface area contributed by atoms with Crippen molar-refractivity contribution in [2.45, 2.75) is 6.18 Å². The molecule has 0 unspecified atom stereocenters. The van der Waals surface area contributed by atoms with Crippen LogP contribution in [0.25, 0.3) is 34.8 Å². The Hall–Kier alpha value is -3.62. The van der Waals surface area contributed by atoms with Crippen molar-refractivity contribution in [3.05, 3.63) is 60.2 Å². The minimum absolute atomic E-state index is 0.0724. The van der Waals surface area contributed by atoms with Crippen LogP contribution in [0.2, 0.25) is 0 Å². The lowest BCUT2D eigenvalue weighted by molar-refractivity contribution is -0.137. The van der Waals surface area contributed by atoms with E-state index < -0.39 is 11.7 Å². The first-order valence-corrected chi connectivity index (χ1v) is 8.14. The summed E-state index contributed by atoms with van der Waals surface area (Å²) in [5, 5.41) is 4.17. The summed E-state index contributed by atoms with van der Waals surface area (Å²) in [6, 6.07) is 10.7. The lowest BCUT2D eigenvalue weighted by atomic mass is 10.1. The number of hydrogen-bond acceptors (Lipinski definition) is 5. The molecule has 0 atom stereocenters. The van der Waals surface area contributed by atoms with Gasteiger partial charge in [-0.25, -0.2) is 14.6 Å². The predicted molar refractivity (Wildman–Crippen MR) is 96.2 cm³/mol. The predicted octanol–water partition coefficient (Wildman–Crippen LogP) is 4.74. The maximum atomic E-state index is 13.1. The Morgan fingerprint density at radius 2 is 1.96 bits per heavy atom. The van der Waals surface area contributed by atoms with Crippen molar-refractivity contribution in [3.8, 4) is 17.1 Å². The van der Waals surface area contributed by atoms with Gasteiger partial charge in [-0.3, -0.25) is 0 Å². The van der Waals surface area contributed by atoms with Crippen molar-refractivity contribution in [1.82, 2.24) is 19.7 Å². The summed E-state index contributed by atoms with van der Waals surface area (Å²) in [5.41, 5.74) is 0.732. The Kier molecular flexibility index (Phi) is 4.34. The number of rotatable bonds is 4. The Bertz CT molecular complexity index is 1130. The van der Waals surface area contributed by atoms with Crippen molar-refractivity contribution in [2.75, 3.05) is 7.11 Å². The minimum atomic E-state index is -4.50. The number of oxazole rings is 1. The average Bonchev–Trinajstić information content (AvgIpc) is 3.31. The molecule has 0 N–H and O–H groups in total. The molecule has 4 aromatic rings. The van der Waals surface area contributed by atoms with Crippen molar-refractivity contribution in [1.29, 1.82) is 0 Å². The summed E-state index contributed by atoms with van der Waals surface area (Å²) in [5.74, 6) is 0.578. The van der Waals surface area contributed by atoms with Gasteiger partial charge in [0, 0.05) is 17.8 Å². The van der Waals surface area contributed by atoms with Gasteiger partial charge in [0.15, 0.2) is 11.4 Å². The Labute approximate surface area is 156 Å². The van der Waals surface area contributed by atoms with Gasteiger partial charge < -0.3 is 9.15 Å². The van der Waals surface area contributed by atoms with Gasteiger partial charge in [-0.2, -0.15) is 13.2 Å². The number of aromatic nitrogens is 4. The Balaban J connectivity index is 1.62. The Morgan fingerprint density at radius 3 is 2.71 bits per heavy atom. The maximum Gasteiger partial charge on any atom is 0.416 e. The molecule has 0 spiro atoms. The van der Waals surface area contributed by atoms with Crippen LogP contribution in [0.3, 0.4) is 0 Å². The number of alkyl halides is 3. The first kappa shape index (κ1) is 17.8. The van der Waals surface area contributed by atoms with Crippen molar-refractivity contribution in [3.63, 3.8) is 0 Å².